The fourth-order valence-electron chi connectivity index (χ4n) is 5.61. The fourth-order valence-corrected chi connectivity index (χ4v) is 5.61. The highest BCUT2D eigenvalue weighted by Gasteiger charge is 2.31. The summed E-state index contributed by atoms with van der Waals surface area (Å²) >= 11 is 0. The van der Waals surface area contributed by atoms with Gasteiger partial charge in [-0.25, -0.2) is 4.99 Å². The molecular weight excluding hydrogens is 456 g/mol. The summed E-state index contributed by atoms with van der Waals surface area (Å²) in [6, 6.07) is 33.0. The molecule has 0 aromatic heterocycles. The Labute approximate surface area is 218 Å². The molecule has 0 unspecified atom stereocenters. The maximum absolute atomic E-state index is 12.4. The predicted molar refractivity (Wildman–Crippen MR) is 150 cm³/mol. The van der Waals surface area contributed by atoms with Gasteiger partial charge < -0.3 is 9.64 Å². The van der Waals surface area contributed by atoms with E-state index in [2.05, 4.69) is 65.3 Å². The molecule has 1 saturated heterocycles. The van der Waals surface area contributed by atoms with E-state index >= 15 is 0 Å². The third-order valence-corrected chi connectivity index (χ3v) is 7.57. The molecule has 4 aromatic carbocycles. The van der Waals surface area contributed by atoms with Crippen molar-refractivity contribution >= 4 is 17.3 Å². The molecule has 0 N–H and O–H groups in total. The highest BCUT2D eigenvalue weighted by atomic mass is 16.5. The van der Waals surface area contributed by atoms with Crippen molar-refractivity contribution in [3.8, 4) is 16.9 Å². The van der Waals surface area contributed by atoms with Gasteiger partial charge in [0.25, 0.3) is 5.91 Å². The Morgan fingerprint density at radius 1 is 0.784 bits per heavy atom. The van der Waals surface area contributed by atoms with Crippen molar-refractivity contribution in [2.45, 2.75) is 26.4 Å². The van der Waals surface area contributed by atoms with Crippen molar-refractivity contribution in [2.24, 2.45) is 10.9 Å². The fraction of sp³-hybridized carbons (Fsp3) is 0.212. The summed E-state index contributed by atoms with van der Waals surface area (Å²) in [7, 11) is 0. The number of carbonyl (C=O) groups is 1. The Balaban J connectivity index is 1.25. The van der Waals surface area contributed by atoms with E-state index in [9.17, 15) is 4.79 Å². The Kier molecular flexibility index (Phi) is 6.32. The minimum absolute atomic E-state index is 0.0967. The number of anilines is 1. The van der Waals surface area contributed by atoms with Crippen LogP contribution in [0.15, 0.2) is 102 Å². The molecule has 6 rings (SSSR count). The van der Waals surface area contributed by atoms with Crippen LogP contribution in [0.25, 0.3) is 11.1 Å². The molecule has 2 aliphatic rings. The average Bonchev–Trinajstić information content (AvgIpc) is 3.30. The first-order chi connectivity index (χ1) is 18.2. The van der Waals surface area contributed by atoms with Crippen molar-refractivity contribution in [1.82, 2.24) is 0 Å². The van der Waals surface area contributed by atoms with E-state index in [1.807, 2.05) is 48.5 Å². The van der Waals surface area contributed by atoms with Gasteiger partial charge in [0.1, 0.15) is 12.4 Å². The molecule has 2 heterocycles. The lowest BCUT2D eigenvalue weighted by Crippen LogP contribution is -2.36. The molecule has 0 spiro atoms. The molecule has 37 heavy (non-hydrogen) atoms. The van der Waals surface area contributed by atoms with Crippen LogP contribution in [0.3, 0.4) is 0 Å². The zero-order valence-corrected chi connectivity index (χ0v) is 21.1. The van der Waals surface area contributed by atoms with Crippen LogP contribution in [-0.2, 0) is 6.61 Å². The maximum Gasteiger partial charge on any atom is 0.277 e. The van der Waals surface area contributed by atoms with E-state index in [1.165, 1.54) is 5.69 Å². The Morgan fingerprint density at radius 3 is 2.16 bits per heavy atom. The molecule has 0 aliphatic carbocycles. The molecule has 4 heteroatoms. The highest BCUT2D eigenvalue weighted by Crippen LogP contribution is 2.40. The molecule has 0 saturated carbocycles. The van der Waals surface area contributed by atoms with Crippen LogP contribution >= 0.6 is 0 Å². The smallest absolute Gasteiger partial charge is 0.277 e. The highest BCUT2D eigenvalue weighted by molar-refractivity contribution is 6.22. The summed E-state index contributed by atoms with van der Waals surface area (Å²) in [5, 5.41) is 0. The molecular formula is C33H30N2O2. The van der Waals surface area contributed by atoms with Gasteiger partial charge >= 0.3 is 0 Å². The van der Waals surface area contributed by atoms with Crippen LogP contribution in [0.1, 0.15) is 39.9 Å². The molecule has 1 amide bonds. The van der Waals surface area contributed by atoms with Gasteiger partial charge in [-0.05, 0) is 49.1 Å². The average molecular weight is 487 g/mol. The van der Waals surface area contributed by atoms with Crippen molar-refractivity contribution in [2.75, 3.05) is 18.0 Å². The number of ether oxygens (including phenoxy) is 1. The lowest BCUT2D eigenvalue weighted by molar-refractivity contribution is 0.101. The van der Waals surface area contributed by atoms with Crippen molar-refractivity contribution in [3.63, 3.8) is 0 Å². The number of hydrogen-bond acceptors (Lipinski definition) is 3. The van der Waals surface area contributed by atoms with Gasteiger partial charge in [-0.1, -0.05) is 78.9 Å². The molecule has 0 bridgehead atoms. The summed E-state index contributed by atoms with van der Waals surface area (Å²) in [5.41, 5.74) is 8.53. The number of nitrogens with zero attached hydrogens (tertiary/aromatic N) is 2. The van der Waals surface area contributed by atoms with Gasteiger partial charge in [0.05, 0.1) is 11.3 Å². The summed E-state index contributed by atoms with van der Waals surface area (Å²) < 4.78 is 6.51. The van der Waals surface area contributed by atoms with Gasteiger partial charge in [-0.2, -0.15) is 0 Å². The minimum Gasteiger partial charge on any atom is -0.488 e. The lowest BCUT2D eigenvalue weighted by Gasteiger charge is -2.35. The van der Waals surface area contributed by atoms with E-state index in [-0.39, 0.29) is 5.91 Å². The number of benzene rings is 4. The Hall–Kier alpha value is -4.18. The SMILES string of the molecule is Cc1c(N2CCC(C3=NC(=O)c4ccccc43)CC2)ccc(-c2ccccc2)c1OCc1ccccc1. The third kappa shape index (κ3) is 4.55. The molecule has 1 fully saturated rings. The van der Waals surface area contributed by atoms with Gasteiger partial charge in [0.15, 0.2) is 0 Å². The van der Waals surface area contributed by atoms with Crippen LogP contribution in [0.4, 0.5) is 5.69 Å². The van der Waals surface area contributed by atoms with Gasteiger partial charge in [-0.15, -0.1) is 0 Å². The Morgan fingerprint density at radius 2 is 1.43 bits per heavy atom. The molecule has 0 atom stereocenters. The van der Waals surface area contributed by atoms with Crippen LogP contribution in [0.5, 0.6) is 5.75 Å². The predicted octanol–water partition coefficient (Wildman–Crippen LogP) is 7.10. The van der Waals surface area contributed by atoms with Crippen LogP contribution in [0.2, 0.25) is 0 Å². The van der Waals surface area contributed by atoms with Crippen LogP contribution in [-0.4, -0.2) is 24.7 Å². The number of fused-ring (bicyclic) bond motifs is 1. The topological polar surface area (TPSA) is 41.9 Å². The Bertz CT molecular complexity index is 1450. The number of piperidine rings is 1. The van der Waals surface area contributed by atoms with E-state index in [0.717, 1.165) is 70.8 Å². The second-order valence-corrected chi connectivity index (χ2v) is 9.84. The van der Waals surface area contributed by atoms with Crippen molar-refractivity contribution < 1.29 is 9.53 Å². The molecule has 0 radical (unpaired) electrons. The summed E-state index contributed by atoms with van der Waals surface area (Å²) in [4.78, 5) is 19.3. The van der Waals surface area contributed by atoms with E-state index in [4.69, 9.17) is 4.74 Å². The van der Waals surface area contributed by atoms with Crippen molar-refractivity contribution in [1.29, 1.82) is 0 Å². The number of aliphatic imine (C=N–C) groups is 1. The second-order valence-electron chi connectivity index (χ2n) is 9.84. The van der Waals surface area contributed by atoms with Crippen LogP contribution in [0, 0.1) is 12.8 Å². The number of hydrogen-bond donors (Lipinski definition) is 0. The molecule has 4 nitrogen and oxygen atoms in total. The normalized spacial score (nSPS) is 15.4. The zero-order chi connectivity index (χ0) is 25.2. The van der Waals surface area contributed by atoms with Crippen LogP contribution < -0.4 is 9.64 Å². The second kappa shape index (κ2) is 10.1. The summed E-state index contributed by atoms with van der Waals surface area (Å²) in [6.45, 7) is 4.54. The standard InChI is InChI=1S/C33H30N2O2/c1-23-30(35-20-18-26(19-21-35)31-28-14-8-9-15-29(28)33(36)34-31)17-16-27(25-12-6-3-7-13-25)32(23)37-22-24-10-4-2-5-11-24/h2-17,26H,18-22H2,1H3. The van der Waals surface area contributed by atoms with Gasteiger partial charge in [0.2, 0.25) is 0 Å². The zero-order valence-electron chi connectivity index (χ0n) is 21.1. The number of carbonyl (C=O) groups excluding carboxylic acids is 1. The summed E-state index contributed by atoms with van der Waals surface area (Å²) in [6.07, 6.45) is 1.95. The first-order valence-corrected chi connectivity index (χ1v) is 13.0. The first kappa shape index (κ1) is 23.2. The third-order valence-electron chi connectivity index (χ3n) is 7.57. The quantitative estimate of drug-likeness (QED) is 0.292. The lowest BCUT2D eigenvalue weighted by atomic mass is 9.87. The van der Waals surface area contributed by atoms with Crippen molar-refractivity contribution in [3.05, 3.63) is 119 Å². The monoisotopic (exact) mass is 486 g/mol. The van der Waals surface area contributed by atoms with Gasteiger partial charge in [0, 0.05) is 41.4 Å². The number of rotatable bonds is 6. The number of amides is 1. The molecule has 2 aliphatic heterocycles. The van der Waals surface area contributed by atoms with E-state index in [0.29, 0.717) is 12.5 Å². The largest absolute Gasteiger partial charge is 0.488 e. The van der Waals surface area contributed by atoms with E-state index in [1.54, 1.807) is 0 Å². The van der Waals surface area contributed by atoms with Gasteiger partial charge in [-0.3, -0.25) is 4.79 Å². The molecule has 184 valence electrons. The molecule has 4 aromatic rings. The van der Waals surface area contributed by atoms with E-state index < -0.39 is 0 Å². The first-order valence-electron chi connectivity index (χ1n) is 13.0. The summed E-state index contributed by atoms with van der Waals surface area (Å²) in [5.74, 6) is 1.15. The maximum atomic E-state index is 12.4. The minimum atomic E-state index is -0.0967.